The van der Waals surface area contributed by atoms with Gasteiger partial charge >= 0.3 is 5.97 Å². The van der Waals surface area contributed by atoms with Crippen LogP contribution in [-0.4, -0.2) is 19.5 Å². The highest BCUT2D eigenvalue weighted by Gasteiger charge is 2.22. The Morgan fingerprint density at radius 2 is 1.94 bits per heavy atom. The van der Waals surface area contributed by atoms with Crippen molar-refractivity contribution in [2.75, 3.05) is 0 Å². The van der Waals surface area contributed by atoms with E-state index < -0.39 is 26.7 Å². The number of primary sulfonamides is 1. The maximum Gasteiger partial charge on any atom is 0.336 e. The number of carbonyl (C=O) groups is 1. The van der Waals surface area contributed by atoms with Gasteiger partial charge in [0.1, 0.15) is 10.7 Å². The second kappa shape index (κ2) is 4.42. The second-order valence-corrected chi connectivity index (χ2v) is 5.40. The maximum atomic E-state index is 13.5. The third-order valence-corrected chi connectivity index (χ3v) is 3.19. The molecular formula is C10H12FNO4S. The molecular weight excluding hydrogens is 249 g/mol. The Hall–Kier alpha value is -1.47. The second-order valence-electron chi connectivity index (χ2n) is 3.87. The van der Waals surface area contributed by atoms with Crippen LogP contribution in [0.25, 0.3) is 0 Å². The van der Waals surface area contributed by atoms with E-state index in [0.29, 0.717) is 0 Å². The van der Waals surface area contributed by atoms with Crippen molar-refractivity contribution in [1.82, 2.24) is 0 Å². The number of aromatic carboxylic acids is 1. The van der Waals surface area contributed by atoms with E-state index in [0.717, 1.165) is 12.1 Å². The summed E-state index contributed by atoms with van der Waals surface area (Å²) in [6.45, 7) is 3.36. The molecule has 0 atom stereocenters. The molecule has 3 N–H and O–H groups in total. The van der Waals surface area contributed by atoms with E-state index in [1.54, 1.807) is 13.8 Å². The largest absolute Gasteiger partial charge is 0.478 e. The first-order valence-corrected chi connectivity index (χ1v) is 6.28. The predicted octanol–water partition coefficient (Wildman–Crippen LogP) is 1.29. The Kier molecular flexibility index (Phi) is 3.53. The molecule has 1 aromatic carbocycles. The average molecular weight is 261 g/mol. The van der Waals surface area contributed by atoms with Crippen LogP contribution in [0.3, 0.4) is 0 Å². The summed E-state index contributed by atoms with van der Waals surface area (Å²) in [5.41, 5.74) is -0.0344. The Bertz CT molecular complexity index is 566. The number of benzene rings is 1. The summed E-state index contributed by atoms with van der Waals surface area (Å²) in [5, 5.41) is 13.7. The molecule has 0 heterocycles. The zero-order valence-electron chi connectivity index (χ0n) is 9.27. The molecule has 0 radical (unpaired) electrons. The van der Waals surface area contributed by atoms with Gasteiger partial charge in [0.2, 0.25) is 10.0 Å². The molecule has 0 aliphatic rings. The third-order valence-electron chi connectivity index (χ3n) is 2.26. The number of sulfonamides is 1. The summed E-state index contributed by atoms with van der Waals surface area (Å²) < 4.78 is 35.6. The van der Waals surface area contributed by atoms with E-state index in [9.17, 15) is 17.6 Å². The number of hydrogen-bond donors (Lipinski definition) is 2. The van der Waals surface area contributed by atoms with Crippen molar-refractivity contribution in [1.29, 1.82) is 0 Å². The summed E-state index contributed by atoms with van der Waals surface area (Å²) in [6, 6.07) is 1.65. The summed E-state index contributed by atoms with van der Waals surface area (Å²) in [5.74, 6) is -2.61. The lowest BCUT2D eigenvalue weighted by Crippen LogP contribution is -2.16. The van der Waals surface area contributed by atoms with Gasteiger partial charge in [-0.2, -0.15) is 0 Å². The van der Waals surface area contributed by atoms with Gasteiger partial charge in [0, 0.05) is 0 Å². The van der Waals surface area contributed by atoms with Crippen molar-refractivity contribution >= 4 is 16.0 Å². The summed E-state index contributed by atoms with van der Waals surface area (Å²) in [4.78, 5) is 10.2. The molecule has 0 amide bonds. The first-order chi connectivity index (χ1) is 7.64. The zero-order valence-corrected chi connectivity index (χ0v) is 10.1. The van der Waals surface area contributed by atoms with Gasteiger partial charge in [0.05, 0.1) is 5.56 Å². The van der Waals surface area contributed by atoms with Gasteiger partial charge in [0.25, 0.3) is 0 Å². The van der Waals surface area contributed by atoms with Gasteiger partial charge in [-0.15, -0.1) is 0 Å². The standard InChI is InChI=1S/C10H12FNO4S/c1-5(2)6-3-8(11)9(17(12,15)16)4-7(6)10(13)14/h3-5H,1-2H3,(H,13,14)(H2,12,15,16). The van der Waals surface area contributed by atoms with Gasteiger partial charge < -0.3 is 5.11 Å². The summed E-state index contributed by atoms with van der Waals surface area (Å²) in [7, 11) is -4.27. The minimum atomic E-state index is -4.27. The monoisotopic (exact) mass is 261 g/mol. The molecule has 1 rings (SSSR count). The quantitative estimate of drug-likeness (QED) is 0.856. The molecule has 94 valence electrons. The molecule has 0 aromatic heterocycles. The molecule has 0 unspecified atom stereocenters. The molecule has 17 heavy (non-hydrogen) atoms. The van der Waals surface area contributed by atoms with Crippen LogP contribution < -0.4 is 5.14 Å². The first kappa shape index (κ1) is 13.6. The van der Waals surface area contributed by atoms with Crippen molar-refractivity contribution in [2.45, 2.75) is 24.7 Å². The highest BCUT2D eigenvalue weighted by atomic mass is 32.2. The Labute approximate surface area is 98.1 Å². The average Bonchev–Trinajstić information content (AvgIpc) is 2.14. The number of nitrogens with two attached hydrogens (primary N) is 1. The Morgan fingerprint density at radius 3 is 2.29 bits per heavy atom. The number of carboxylic acids is 1. The highest BCUT2D eigenvalue weighted by molar-refractivity contribution is 7.89. The van der Waals surface area contributed by atoms with Gasteiger partial charge in [-0.1, -0.05) is 13.8 Å². The zero-order chi connectivity index (χ0) is 13.4. The van der Waals surface area contributed by atoms with E-state index >= 15 is 0 Å². The van der Waals surface area contributed by atoms with E-state index in [1.807, 2.05) is 0 Å². The van der Waals surface area contributed by atoms with Crippen LogP contribution in [-0.2, 0) is 10.0 Å². The minimum Gasteiger partial charge on any atom is -0.478 e. The lowest BCUT2D eigenvalue weighted by molar-refractivity contribution is 0.0695. The molecule has 0 saturated carbocycles. The molecule has 0 spiro atoms. The van der Waals surface area contributed by atoms with Crippen LogP contribution in [0.15, 0.2) is 17.0 Å². The molecule has 7 heteroatoms. The van der Waals surface area contributed by atoms with Crippen molar-refractivity contribution in [3.05, 3.63) is 29.1 Å². The predicted molar refractivity (Wildman–Crippen MR) is 58.8 cm³/mol. The fraction of sp³-hybridized carbons (Fsp3) is 0.300. The smallest absolute Gasteiger partial charge is 0.336 e. The maximum absolute atomic E-state index is 13.5. The normalized spacial score (nSPS) is 11.8. The number of rotatable bonds is 3. The van der Waals surface area contributed by atoms with Crippen LogP contribution in [0.5, 0.6) is 0 Å². The molecule has 5 nitrogen and oxygen atoms in total. The summed E-state index contributed by atoms with van der Waals surface area (Å²) >= 11 is 0. The third kappa shape index (κ3) is 2.80. The van der Waals surface area contributed by atoms with Gasteiger partial charge in [-0.3, -0.25) is 0 Å². The number of halogens is 1. The van der Waals surface area contributed by atoms with Crippen LogP contribution >= 0.6 is 0 Å². The number of carboxylic acid groups (broad SMARTS) is 1. The Morgan fingerprint density at radius 1 is 1.41 bits per heavy atom. The highest BCUT2D eigenvalue weighted by Crippen LogP contribution is 2.25. The molecule has 0 bridgehead atoms. The van der Waals surface area contributed by atoms with Crippen LogP contribution in [0.4, 0.5) is 4.39 Å². The van der Waals surface area contributed by atoms with Crippen LogP contribution in [0.2, 0.25) is 0 Å². The van der Waals surface area contributed by atoms with E-state index in [-0.39, 0.29) is 17.0 Å². The topological polar surface area (TPSA) is 97.5 Å². The van der Waals surface area contributed by atoms with E-state index in [1.165, 1.54) is 0 Å². The first-order valence-electron chi connectivity index (χ1n) is 4.74. The van der Waals surface area contributed by atoms with Crippen molar-refractivity contribution < 1.29 is 22.7 Å². The van der Waals surface area contributed by atoms with Crippen molar-refractivity contribution in [3.8, 4) is 0 Å². The minimum absolute atomic E-state index is 0.224. The molecule has 0 saturated heterocycles. The Balaban J connectivity index is 3.63. The lowest BCUT2D eigenvalue weighted by Gasteiger charge is -2.11. The fourth-order valence-corrected chi connectivity index (χ4v) is 2.06. The van der Waals surface area contributed by atoms with Crippen LogP contribution in [0.1, 0.15) is 35.7 Å². The van der Waals surface area contributed by atoms with Crippen LogP contribution in [0, 0.1) is 5.82 Å². The van der Waals surface area contributed by atoms with Crippen molar-refractivity contribution in [3.63, 3.8) is 0 Å². The van der Waals surface area contributed by atoms with Gasteiger partial charge in [0.15, 0.2) is 0 Å². The van der Waals surface area contributed by atoms with E-state index in [2.05, 4.69) is 0 Å². The van der Waals surface area contributed by atoms with Gasteiger partial charge in [-0.05, 0) is 23.6 Å². The number of hydrogen-bond acceptors (Lipinski definition) is 3. The molecule has 1 aromatic rings. The lowest BCUT2D eigenvalue weighted by atomic mass is 9.97. The molecule has 0 fully saturated rings. The fourth-order valence-electron chi connectivity index (χ4n) is 1.45. The van der Waals surface area contributed by atoms with E-state index in [4.69, 9.17) is 10.2 Å². The molecule has 0 aliphatic heterocycles. The van der Waals surface area contributed by atoms with Crippen molar-refractivity contribution in [2.24, 2.45) is 5.14 Å². The SMILES string of the molecule is CC(C)c1cc(F)c(S(N)(=O)=O)cc1C(=O)O. The molecule has 0 aliphatic carbocycles. The van der Waals surface area contributed by atoms with Gasteiger partial charge in [-0.25, -0.2) is 22.7 Å². The summed E-state index contributed by atoms with van der Waals surface area (Å²) in [6.07, 6.45) is 0.